The topological polar surface area (TPSA) is 30.9 Å². The summed E-state index contributed by atoms with van der Waals surface area (Å²) in [5.41, 5.74) is 9.00. The van der Waals surface area contributed by atoms with Crippen molar-refractivity contribution in [2.24, 2.45) is 5.73 Å². The van der Waals surface area contributed by atoms with E-state index in [0.717, 1.165) is 22.0 Å². The summed E-state index contributed by atoms with van der Waals surface area (Å²) in [6.45, 7) is 1.25. The van der Waals surface area contributed by atoms with Crippen molar-refractivity contribution < 1.29 is 4.39 Å². The minimum absolute atomic E-state index is 0.216. The molecular weight excluding hydrogens is 331 g/mol. The van der Waals surface area contributed by atoms with Crippen molar-refractivity contribution >= 4 is 26.8 Å². The van der Waals surface area contributed by atoms with Gasteiger partial charge in [0.1, 0.15) is 5.82 Å². The number of rotatable bonds is 4. The Kier molecular flexibility index (Phi) is 4.08. The van der Waals surface area contributed by atoms with E-state index in [2.05, 4.69) is 38.8 Å². The Hall–Kier alpha value is -1.65. The van der Waals surface area contributed by atoms with Gasteiger partial charge in [-0.1, -0.05) is 34.1 Å². The van der Waals surface area contributed by atoms with Crippen molar-refractivity contribution in [3.05, 3.63) is 70.1 Å². The van der Waals surface area contributed by atoms with E-state index in [1.54, 1.807) is 12.1 Å². The van der Waals surface area contributed by atoms with E-state index in [4.69, 9.17) is 5.73 Å². The Balaban J connectivity index is 2.06. The van der Waals surface area contributed by atoms with Gasteiger partial charge in [0.25, 0.3) is 0 Å². The Labute approximate surface area is 131 Å². The number of hydrogen-bond donors (Lipinski definition) is 1. The fraction of sp³-hybridized carbons (Fsp3) is 0.176. The molecule has 0 aliphatic rings. The predicted molar refractivity (Wildman–Crippen MR) is 87.9 cm³/mol. The van der Waals surface area contributed by atoms with Crippen LogP contribution in [-0.4, -0.2) is 11.1 Å². The molecule has 21 heavy (non-hydrogen) atoms. The summed E-state index contributed by atoms with van der Waals surface area (Å²) in [7, 11) is 0. The number of hydrogen-bond acceptors (Lipinski definition) is 1. The Morgan fingerprint density at radius 2 is 1.90 bits per heavy atom. The van der Waals surface area contributed by atoms with Crippen LogP contribution in [0.1, 0.15) is 11.1 Å². The van der Waals surface area contributed by atoms with Gasteiger partial charge in [0.05, 0.1) is 0 Å². The lowest BCUT2D eigenvalue weighted by molar-refractivity contribution is 0.623. The van der Waals surface area contributed by atoms with Crippen LogP contribution in [-0.2, 0) is 13.0 Å². The van der Waals surface area contributed by atoms with Gasteiger partial charge in [0.2, 0.25) is 0 Å². The molecule has 0 amide bonds. The quantitative estimate of drug-likeness (QED) is 0.757. The first-order valence-corrected chi connectivity index (χ1v) is 7.69. The zero-order chi connectivity index (χ0) is 14.8. The average molecular weight is 347 g/mol. The molecule has 0 atom stereocenters. The molecule has 108 valence electrons. The summed E-state index contributed by atoms with van der Waals surface area (Å²) in [5, 5.41) is 1.22. The molecule has 0 fully saturated rings. The third kappa shape index (κ3) is 2.87. The maximum absolute atomic E-state index is 13.4. The molecule has 0 aliphatic heterocycles. The number of nitrogens with zero attached hydrogens (tertiary/aromatic N) is 1. The Morgan fingerprint density at radius 1 is 1.10 bits per heavy atom. The van der Waals surface area contributed by atoms with Crippen LogP contribution in [0.2, 0.25) is 0 Å². The number of fused-ring (bicyclic) bond motifs is 1. The maximum Gasteiger partial charge on any atom is 0.123 e. The monoisotopic (exact) mass is 346 g/mol. The Morgan fingerprint density at radius 3 is 2.71 bits per heavy atom. The lowest BCUT2D eigenvalue weighted by atomic mass is 10.1. The second kappa shape index (κ2) is 6.00. The predicted octanol–water partition coefficient (Wildman–Crippen LogP) is 4.09. The van der Waals surface area contributed by atoms with Crippen molar-refractivity contribution in [1.82, 2.24) is 4.57 Å². The van der Waals surface area contributed by atoms with Gasteiger partial charge in [-0.05, 0) is 48.4 Å². The molecule has 0 radical (unpaired) electrons. The highest BCUT2D eigenvalue weighted by molar-refractivity contribution is 9.10. The summed E-state index contributed by atoms with van der Waals surface area (Å²) in [6, 6.07) is 13.0. The van der Waals surface area contributed by atoms with Gasteiger partial charge in [-0.15, -0.1) is 0 Å². The van der Waals surface area contributed by atoms with Crippen molar-refractivity contribution in [1.29, 1.82) is 0 Å². The first-order chi connectivity index (χ1) is 10.2. The van der Waals surface area contributed by atoms with Crippen molar-refractivity contribution in [3.63, 3.8) is 0 Å². The number of halogens is 2. The largest absolute Gasteiger partial charge is 0.343 e. The summed E-state index contributed by atoms with van der Waals surface area (Å²) in [4.78, 5) is 0. The molecule has 1 aromatic heterocycles. The van der Waals surface area contributed by atoms with Gasteiger partial charge in [-0.25, -0.2) is 4.39 Å². The SMILES string of the molecule is NCCc1cn(Cc2cc(F)ccc2Br)c2ccccc12. The van der Waals surface area contributed by atoms with E-state index in [0.29, 0.717) is 13.1 Å². The van der Waals surface area contributed by atoms with Crippen LogP contribution in [0.4, 0.5) is 4.39 Å². The van der Waals surface area contributed by atoms with Crippen LogP contribution in [0, 0.1) is 5.82 Å². The van der Waals surface area contributed by atoms with Gasteiger partial charge in [-0.2, -0.15) is 0 Å². The highest BCUT2D eigenvalue weighted by atomic mass is 79.9. The van der Waals surface area contributed by atoms with Crippen molar-refractivity contribution in [2.45, 2.75) is 13.0 Å². The van der Waals surface area contributed by atoms with Crippen LogP contribution in [0.15, 0.2) is 53.1 Å². The number of para-hydroxylation sites is 1. The molecule has 2 nitrogen and oxygen atoms in total. The van der Waals surface area contributed by atoms with E-state index in [-0.39, 0.29) is 5.82 Å². The molecule has 0 saturated carbocycles. The fourth-order valence-electron chi connectivity index (χ4n) is 2.66. The van der Waals surface area contributed by atoms with Gasteiger partial charge in [0.15, 0.2) is 0 Å². The highest BCUT2D eigenvalue weighted by Crippen LogP contribution is 2.25. The van der Waals surface area contributed by atoms with Crippen LogP contribution in [0.5, 0.6) is 0 Å². The molecule has 0 bridgehead atoms. The molecule has 3 rings (SSSR count). The average Bonchev–Trinajstić information content (AvgIpc) is 2.82. The molecular formula is C17H16BrFN2. The molecule has 2 aromatic carbocycles. The standard InChI is InChI=1S/C17H16BrFN2/c18-16-6-5-14(19)9-13(16)11-21-10-12(7-8-20)15-3-1-2-4-17(15)21/h1-6,9-10H,7-8,11,20H2. The normalized spacial score (nSPS) is 11.2. The van der Waals surface area contributed by atoms with E-state index in [9.17, 15) is 4.39 Å². The number of aromatic nitrogens is 1. The zero-order valence-corrected chi connectivity index (χ0v) is 13.1. The van der Waals surface area contributed by atoms with Crippen molar-refractivity contribution in [2.75, 3.05) is 6.54 Å². The highest BCUT2D eigenvalue weighted by Gasteiger charge is 2.09. The second-order valence-corrected chi connectivity index (χ2v) is 5.93. The summed E-state index contributed by atoms with van der Waals surface area (Å²) in [5.74, 6) is -0.216. The number of nitrogens with two attached hydrogens (primary N) is 1. The third-order valence-electron chi connectivity index (χ3n) is 3.63. The van der Waals surface area contributed by atoms with Crippen LogP contribution in [0.3, 0.4) is 0 Å². The van der Waals surface area contributed by atoms with Crippen LogP contribution >= 0.6 is 15.9 Å². The van der Waals surface area contributed by atoms with Gasteiger partial charge < -0.3 is 10.3 Å². The number of benzene rings is 2. The summed E-state index contributed by atoms with van der Waals surface area (Å²) < 4.78 is 16.5. The minimum atomic E-state index is -0.216. The molecule has 2 N–H and O–H groups in total. The second-order valence-electron chi connectivity index (χ2n) is 5.07. The smallest absolute Gasteiger partial charge is 0.123 e. The first-order valence-electron chi connectivity index (χ1n) is 6.90. The molecule has 0 aliphatic carbocycles. The van der Waals surface area contributed by atoms with Gasteiger partial charge in [-0.3, -0.25) is 0 Å². The molecule has 0 spiro atoms. The lowest BCUT2D eigenvalue weighted by Gasteiger charge is -2.08. The third-order valence-corrected chi connectivity index (χ3v) is 4.41. The van der Waals surface area contributed by atoms with E-state index < -0.39 is 0 Å². The van der Waals surface area contributed by atoms with Crippen LogP contribution < -0.4 is 5.73 Å². The minimum Gasteiger partial charge on any atom is -0.343 e. The van der Waals surface area contributed by atoms with Gasteiger partial charge in [0, 0.05) is 28.1 Å². The van der Waals surface area contributed by atoms with E-state index in [1.165, 1.54) is 17.0 Å². The molecule has 3 aromatic rings. The summed E-state index contributed by atoms with van der Waals surface area (Å²) >= 11 is 3.49. The first kappa shape index (κ1) is 14.3. The van der Waals surface area contributed by atoms with E-state index in [1.807, 2.05) is 12.1 Å². The van der Waals surface area contributed by atoms with Crippen LogP contribution in [0.25, 0.3) is 10.9 Å². The maximum atomic E-state index is 13.4. The fourth-order valence-corrected chi connectivity index (χ4v) is 3.03. The summed E-state index contributed by atoms with van der Waals surface area (Å²) in [6.07, 6.45) is 2.96. The molecule has 4 heteroatoms. The zero-order valence-electron chi connectivity index (χ0n) is 11.5. The van der Waals surface area contributed by atoms with Crippen molar-refractivity contribution in [3.8, 4) is 0 Å². The molecule has 0 saturated heterocycles. The lowest BCUT2D eigenvalue weighted by Crippen LogP contribution is -2.02. The molecule has 0 unspecified atom stereocenters. The van der Waals surface area contributed by atoms with E-state index >= 15 is 0 Å². The Bertz CT molecular complexity index is 780. The van der Waals surface area contributed by atoms with Gasteiger partial charge >= 0.3 is 0 Å². The molecule has 1 heterocycles.